The molecule has 0 aliphatic carbocycles. The second-order valence-corrected chi connectivity index (χ2v) is 7.00. The number of nitrogens with one attached hydrogen (secondary N) is 1. The molecule has 116 valence electrons. The van der Waals surface area contributed by atoms with Gasteiger partial charge >= 0.3 is 12.0 Å². The molecular weight excluding hydrogens is 260 g/mol. The number of carbonyl (C=O) groups is 2. The van der Waals surface area contributed by atoms with Crippen LogP contribution in [0.25, 0.3) is 0 Å². The van der Waals surface area contributed by atoms with Gasteiger partial charge in [0.05, 0.1) is 25.2 Å². The number of carboxylic acid groups (broad SMARTS) is 1. The molecule has 1 aliphatic heterocycles. The lowest BCUT2D eigenvalue weighted by Gasteiger charge is -2.40. The zero-order valence-corrected chi connectivity index (χ0v) is 13.0. The second kappa shape index (κ2) is 5.99. The normalized spacial score (nSPS) is 20.4. The van der Waals surface area contributed by atoms with Crippen molar-refractivity contribution < 1.29 is 19.4 Å². The summed E-state index contributed by atoms with van der Waals surface area (Å²) in [5, 5.41) is 11.8. The van der Waals surface area contributed by atoms with Crippen molar-refractivity contribution >= 4 is 12.0 Å². The van der Waals surface area contributed by atoms with Crippen molar-refractivity contribution in [1.82, 2.24) is 10.2 Å². The number of rotatable bonds is 3. The van der Waals surface area contributed by atoms with Crippen LogP contribution in [-0.4, -0.2) is 53.3 Å². The molecule has 0 aromatic carbocycles. The minimum absolute atomic E-state index is 0.0804. The van der Waals surface area contributed by atoms with Crippen LogP contribution in [0.5, 0.6) is 0 Å². The fraction of sp³-hybridized carbons (Fsp3) is 0.857. The average Bonchev–Trinajstić information content (AvgIpc) is 2.24. The van der Waals surface area contributed by atoms with Crippen molar-refractivity contribution in [3.05, 3.63) is 0 Å². The highest BCUT2D eigenvalue weighted by Crippen LogP contribution is 2.23. The van der Waals surface area contributed by atoms with Gasteiger partial charge in [-0.05, 0) is 19.3 Å². The Morgan fingerprint density at radius 2 is 2.00 bits per heavy atom. The number of aliphatic carboxylic acids is 1. The van der Waals surface area contributed by atoms with Crippen molar-refractivity contribution in [1.29, 1.82) is 0 Å². The van der Waals surface area contributed by atoms with Crippen LogP contribution >= 0.6 is 0 Å². The van der Waals surface area contributed by atoms with Crippen molar-refractivity contribution in [3.63, 3.8) is 0 Å². The van der Waals surface area contributed by atoms with Crippen molar-refractivity contribution in [2.45, 2.75) is 52.7 Å². The highest BCUT2D eigenvalue weighted by Gasteiger charge is 2.33. The fourth-order valence-electron chi connectivity index (χ4n) is 2.18. The van der Waals surface area contributed by atoms with Gasteiger partial charge in [-0.25, -0.2) is 4.79 Å². The smallest absolute Gasteiger partial charge is 0.317 e. The van der Waals surface area contributed by atoms with E-state index in [0.717, 1.165) is 0 Å². The molecule has 0 spiro atoms. The van der Waals surface area contributed by atoms with Crippen LogP contribution in [0, 0.1) is 5.41 Å². The van der Waals surface area contributed by atoms with E-state index in [0.29, 0.717) is 19.7 Å². The predicted molar refractivity (Wildman–Crippen MR) is 75.6 cm³/mol. The van der Waals surface area contributed by atoms with E-state index in [9.17, 15) is 9.59 Å². The van der Waals surface area contributed by atoms with E-state index in [-0.39, 0.29) is 23.5 Å². The van der Waals surface area contributed by atoms with Crippen LogP contribution in [0.15, 0.2) is 0 Å². The molecule has 1 saturated heterocycles. The van der Waals surface area contributed by atoms with Crippen LogP contribution in [0.4, 0.5) is 4.79 Å². The molecule has 0 aromatic rings. The van der Waals surface area contributed by atoms with Gasteiger partial charge in [0.2, 0.25) is 0 Å². The first-order valence-corrected chi connectivity index (χ1v) is 6.92. The first kappa shape index (κ1) is 16.8. The Morgan fingerprint density at radius 1 is 1.40 bits per heavy atom. The van der Waals surface area contributed by atoms with Gasteiger partial charge in [0.15, 0.2) is 0 Å². The highest BCUT2D eigenvalue weighted by atomic mass is 16.5. The molecule has 20 heavy (non-hydrogen) atoms. The Morgan fingerprint density at radius 3 is 2.45 bits per heavy atom. The first-order valence-electron chi connectivity index (χ1n) is 6.92. The number of carboxylic acids is 1. The van der Waals surface area contributed by atoms with E-state index in [1.165, 1.54) is 0 Å². The summed E-state index contributed by atoms with van der Waals surface area (Å²) in [4.78, 5) is 24.9. The summed E-state index contributed by atoms with van der Waals surface area (Å²) in [5.74, 6) is -0.910. The number of amides is 2. The maximum absolute atomic E-state index is 12.3. The molecule has 1 fully saturated rings. The van der Waals surface area contributed by atoms with E-state index >= 15 is 0 Å². The van der Waals surface area contributed by atoms with Gasteiger partial charge in [-0.3, -0.25) is 4.79 Å². The van der Waals surface area contributed by atoms with E-state index in [4.69, 9.17) is 9.84 Å². The standard InChI is InChI=1S/C14H26N2O4/c1-13(2,3)10(8-11(17)18)15-12(19)16-6-7-20-14(4,5)9-16/h10H,6-9H2,1-5H3,(H,15,19)(H,17,18). The van der Waals surface area contributed by atoms with Gasteiger partial charge in [0.1, 0.15) is 0 Å². The third-order valence-corrected chi connectivity index (χ3v) is 3.43. The Balaban J connectivity index is 2.68. The highest BCUT2D eigenvalue weighted by molar-refractivity contribution is 5.76. The molecule has 0 aromatic heterocycles. The number of hydrogen-bond acceptors (Lipinski definition) is 3. The zero-order chi connectivity index (χ0) is 15.6. The summed E-state index contributed by atoms with van der Waals surface area (Å²) in [5.41, 5.74) is -0.671. The van der Waals surface area contributed by atoms with Gasteiger partial charge in [-0.1, -0.05) is 20.8 Å². The van der Waals surface area contributed by atoms with Crippen LogP contribution in [0.3, 0.4) is 0 Å². The number of morpholine rings is 1. The third kappa shape index (κ3) is 5.00. The lowest BCUT2D eigenvalue weighted by molar-refractivity contribution is -0.138. The van der Waals surface area contributed by atoms with Crippen LogP contribution < -0.4 is 5.32 Å². The van der Waals surface area contributed by atoms with Crippen molar-refractivity contribution in [2.24, 2.45) is 5.41 Å². The molecule has 6 heteroatoms. The largest absolute Gasteiger partial charge is 0.481 e. The minimum atomic E-state index is -0.910. The number of hydrogen-bond donors (Lipinski definition) is 2. The maximum atomic E-state index is 12.3. The molecule has 0 bridgehead atoms. The summed E-state index contributed by atoms with van der Waals surface area (Å²) < 4.78 is 5.57. The first-order chi connectivity index (χ1) is 9.01. The summed E-state index contributed by atoms with van der Waals surface area (Å²) in [6.45, 7) is 11.2. The minimum Gasteiger partial charge on any atom is -0.481 e. The lowest BCUT2D eigenvalue weighted by atomic mass is 9.85. The molecule has 1 heterocycles. The number of ether oxygens (including phenoxy) is 1. The maximum Gasteiger partial charge on any atom is 0.317 e. The van der Waals surface area contributed by atoms with Crippen LogP contribution in [0.2, 0.25) is 0 Å². The predicted octanol–water partition coefficient (Wildman–Crippen LogP) is 1.70. The summed E-state index contributed by atoms with van der Waals surface area (Å²) in [7, 11) is 0. The second-order valence-electron chi connectivity index (χ2n) is 7.00. The van der Waals surface area contributed by atoms with Crippen LogP contribution in [-0.2, 0) is 9.53 Å². The summed E-state index contributed by atoms with van der Waals surface area (Å²) in [6.07, 6.45) is -0.0804. The van der Waals surface area contributed by atoms with Gasteiger partial charge in [0, 0.05) is 12.6 Å². The third-order valence-electron chi connectivity index (χ3n) is 3.43. The van der Waals surface area contributed by atoms with E-state index < -0.39 is 12.0 Å². The number of nitrogens with zero attached hydrogens (tertiary/aromatic N) is 1. The molecule has 1 unspecified atom stereocenters. The van der Waals surface area contributed by atoms with Gasteiger partial charge in [0.25, 0.3) is 0 Å². The molecule has 1 rings (SSSR count). The summed E-state index contributed by atoms with van der Waals surface area (Å²) in [6, 6.07) is -0.624. The number of urea groups is 1. The summed E-state index contributed by atoms with van der Waals surface area (Å²) >= 11 is 0. The molecule has 2 amide bonds. The van der Waals surface area contributed by atoms with E-state index in [1.54, 1.807) is 4.90 Å². The molecule has 1 aliphatic rings. The Labute approximate surface area is 120 Å². The molecule has 2 N–H and O–H groups in total. The van der Waals surface area contributed by atoms with Crippen molar-refractivity contribution in [2.75, 3.05) is 19.7 Å². The quantitative estimate of drug-likeness (QED) is 0.827. The Kier molecular flexibility index (Phi) is 5.02. The van der Waals surface area contributed by atoms with Gasteiger partial charge < -0.3 is 20.1 Å². The van der Waals surface area contributed by atoms with E-state index in [1.807, 2.05) is 34.6 Å². The molecule has 0 saturated carbocycles. The lowest BCUT2D eigenvalue weighted by Crippen LogP contribution is -2.56. The SMILES string of the molecule is CC1(C)CN(C(=O)NC(CC(=O)O)C(C)(C)C)CCO1. The fourth-order valence-corrected chi connectivity index (χ4v) is 2.18. The average molecular weight is 286 g/mol. The topological polar surface area (TPSA) is 78.9 Å². The monoisotopic (exact) mass is 286 g/mol. The Hall–Kier alpha value is -1.30. The van der Waals surface area contributed by atoms with E-state index in [2.05, 4.69) is 5.32 Å². The zero-order valence-electron chi connectivity index (χ0n) is 13.0. The molecular formula is C14H26N2O4. The van der Waals surface area contributed by atoms with Crippen LogP contribution in [0.1, 0.15) is 41.0 Å². The Bertz CT molecular complexity index is 374. The van der Waals surface area contributed by atoms with Crippen molar-refractivity contribution in [3.8, 4) is 0 Å². The molecule has 6 nitrogen and oxygen atoms in total. The van der Waals surface area contributed by atoms with Gasteiger partial charge in [-0.15, -0.1) is 0 Å². The van der Waals surface area contributed by atoms with Gasteiger partial charge in [-0.2, -0.15) is 0 Å². The number of carbonyl (C=O) groups excluding carboxylic acids is 1. The molecule has 1 atom stereocenters. The molecule has 0 radical (unpaired) electrons.